The fourth-order valence-corrected chi connectivity index (χ4v) is 13.6. The molecule has 2 spiro atoms. The summed E-state index contributed by atoms with van der Waals surface area (Å²) in [6.07, 6.45) is -7.01. The van der Waals surface area contributed by atoms with Gasteiger partial charge in [0.15, 0.2) is 23.8 Å². The van der Waals surface area contributed by atoms with E-state index < -0.39 is 116 Å². The zero-order chi connectivity index (χ0) is 39.8. The third-order valence-corrected chi connectivity index (χ3v) is 15.2. The van der Waals surface area contributed by atoms with Gasteiger partial charge in [0, 0.05) is 64.2 Å². The Kier molecular flexibility index (Phi) is 8.68. The van der Waals surface area contributed by atoms with Gasteiger partial charge in [0.1, 0.15) is 23.4 Å². The van der Waals surface area contributed by atoms with E-state index >= 15 is 0 Å². The Morgan fingerprint density at radius 1 is 0.811 bits per heavy atom. The molecule has 15 atom stereocenters. The highest BCUT2D eigenvalue weighted by molar-refractivity contribution is 5.96. The monoisotopic (exact) mass is 746 g/mol. The number of hydrogen-bond acceptors (Lipinski definition) is 14. The normalized spacial score (nSPS) is 49.6. The zero-order valence-corrected chi connectivity index (χ0v) is 32.7. The first-order valence-corrected chi connectivity index (χ1v) is 18.4. The van der Waals surface area contributed by atoms with E-state index in [4.69, 9.17) is 28.4 Å². The zero-order valence-electron chi connectivity index (χ0n) is 32.7. The summed E-state index contributed by atoms with van der Waals surface area (Å²) in [6, 6.07) is 0. The first-order valence-electron chi connectivity index (χ1n) is 18.4. The Morgan fingerprint density at radius 2 is 1.34 bits per heavy atom. The summed E-state index contributed by atoms with van der Waals surface area (Å²) in [6.45, 7) is 16.8. The molecule has 53 heavy (non-hydrogen) atoms. The van der Waals surface area contributed by atoms with E-state index in [1.165, 1.54) is 27.9 Å². The van der Waals surface area contributed by atoms with E-state index in [2.05, 4.69) is 0 Å². The summed E-state index contributed by atoms with van der Waals surface area (Å²) in [5, 5.41) is 26.6. The van der Waals surface area contributed by atoms with Gasteiger partial charge in [0.25, 0.3) is 0 Å². The summed E-state index contributed by atoms with van der Waals surface area (Å²) < 4.78 is 36.8. The minimum absolute atomic E-state index is 0.0548. The molecule has 4 saturated carbocycles. The second-order valence-electron chi connectivity index (χ2n) is 17.8. The van der Waals surface area contributed by atoms with Gasteiger partial charge in [-0.2, -0.15) is 0 Å². The van der Waals surface area contributed by atoms with Crippen LogP contribution >= 0.6 is 0 Å². The number of ether oxygens (including phenoxy) is 6. The minimum Gasteiger partial charge on any atom is -0.493 e. The largest absolute Gasteiger partial charge is 0.493 e. The number of fused-ring (bicyclic) bond motifs is 5. The van der Waals surface area contributed by atoms with Crippen molar-refractivity contribution in [2.45, 2.75) is 144 Å². The van der Waals surface area contributed by atoms with Crippen LogP contribution in [-0.4, -0.2) is 94.7 Å². The summed E-state index contributed by atoms with van der Waals surface area (Å²) in [5.41, 5.74) is -10.8. The lowest BCUT2D eigenvalue weighted by molar-refractivity contribution is -0.383. The smallest absolute Gasteiger partial charge is 0.312 e. The van der Waals surface area contributed by atoms with Crippen molar-refractivity contribution in [3.63, 3.8) is 0 Å². The molecule has 1 heterocycles. The highest BCUT2D eigenvalue weighted by atomic mass is 16.6. The first kappa shape index (κ1) is 39.2. The van der Waals surface area contributed by atoms with Gasteiger partial charge in [-0.05, 0) is 51.0 Å². The third kappa shape index (κ3) is 4.50. The van der Waals surface area contributed by atoms with Gasteiger partial charge in [0.05, 0.1) is 29.5 Å². The van der Waals surface area contributed by atoms with E-state index in [0.29, 0.717) is 5.57 Å². The number of esters is 5. The van der Waals surface area contributed by atoms with Gasteiger partial charge >= 0.3 is 29.8 Å². The predicted molar refractivity (Wildman–Crippen MR) is 182 cm³/mol. The van der Waals surface area contributed by atoms with Crippen LogP contribution < -0.4 is 0 Å². The SMILES string of the molecule is COC1=C(C)[C@@]2(C)C[C@@H](O)[C@H]3[C@](C)([C@H]2CC1=O)[C@@H](OC(C)=O)[C@H](C)[C@]31[C@@]23C[C@](C)(C[C@H](OC(C)=O)[C@]2(C)[C@@H](OC(C)=O)[C@@H](OC(C)=O)[C@]1(C)O)C(=O)O3. The summed E-state index contributed by atoms with van der Waals surface area (Å²) >= 11 is 0. The lowest BCUT2D eigenvalue weighted by Gasteiger charge is -2.73. The molecule has 5 aliphatic carbocycles. The maximum absolute atomic E-state index is 14.4. The fraction of sp³-hybridized carbons (Fsp3) is 0.795. The van der Waals surface area contributed by atoms with E-state index in [9.17, 15) is 39.0 Å². The molecular formula is C39H54O14. The van der Waals surface area contributed by atoms with Crippen molar-refractivity contribution in [3.05, 3.63) is 11.3 Å². The molecule has 14 nitrogen and oxygen atoms in total. The molecule has 1 aliphatic heterocycles. The number of Topliss-reactive ketones (excluding diaryl/α,β-unsaturated/α-hetero) is 1. The van der Waals surface area contributed by atoms with E-state index in [0.717, 1.165) is 13.8 Å². The van der Waals surface area contributed by atoms with Crippen LogP contribution in [0.15, 0.2) is 11.3 Å². The number of aliphatic hydroxyl groups is 2. The molecule has 14 heteroatoms. The highest BCUT2D eigenvalue weighted by Gasteiger charge is 2.94. The topological polar surface area (TPSA) is 198 Å². The highest BCUT2D eigenvalue weighted by Crippen LogP contribution is 2.83. The molecule has 2 N–H and O–H groups in total. The average molecular weight is 747 g/mol. The molecule has 2 bridgehead atoms. The van der Waals surface area contributed by atoms with Crippen LogP contribution in [-0.2, 0) is 57.2 Å². The maximum atomic E-state index is 14.4. The van der Waals surface area contributed by atoms with Crippen molar-refractivity contribution in [3.8, 4) is 0 Å². The van der Waals surface area contributed by atoms with Crippen LogP contribution in [0.3, 0.4) is 0 Å². The molecule has 0 aromatic rings. The molecule has 1 saturated heterocycles. The number of rotatable bonds is 5. The van der Waals surface area contributed by atoms with Gasteiger partial charge in [-0.1, -0.05) is 20.8 Å². The number of methoxy groups -OCH3 is 1. The second-order valence-corrected chi connectivity index (χ2v) is 17.8. The van der Waals surface area contributed by atoms with E-state index in [1.807, 2.05) is 13.8 Å². The predicted octanol–water partition coefficient (Wildman–Crippen LogP) is 3.12. The van der Waals surface area contributed by atoms with Crippen molar-refractivity contribution in [2.75, 3.05) is 7.11 Å². The number of hydrogen-bond donors (Lipinski definition) is 2. The Bertz CT molecular complexity index is 1720. The average Bonchev–Trinajstić information content (AvgIpc) is 3.38. The molecule has 6 rings (SSSR count). The van der Waals surface area contributed by atoms with Crippen molar-refractivity contribution < 1.29 is 67.4 Å². The molecular weight excluding hydrogens is 692 g/mol. The van der Waals surface area contributed by atoms with Crippen molar-refractivity contribution in [2.24, 2.45) is 44.8 Å². The minimum atomic E-state index is -2.32. The van der Waals surface area contributed by atoms with Gasteiger partial charge in [-0.3, -0.25) is 28.8 Å². The van der Waals surface area contributed by atoms with Crippen LogP contribution in [0.1, 0.15) is 102 Å². The molecule has 294 valence electrons. The quantitative estimate of drug-likeness (QED) is 0.307. The van der Waals surface area contributed by atoms with Crippen molar-refractivity contribution in [1.29, 1.82) is 0 Å². The summed E-state index contributed by atoms with van der Waals surface area (Å²) in [5.74, 6) is -6.49. The van der Waals surface area contributed by atoms with Crippen molar-refractivity contribution >= 4 is 35.6 Å². The van der Waals surface area contributed by atoms with Gasteiger partial charge in [-0.25, -0.2) is 0 Å². The van der Waals surface area contributed by atoms with Crippen molar-refractivity contribution in [1.82, 2.24) is 0 Å². The first-order chi connectivity index (χ1) is 24.3. The Morgan fingerprint density at radius 3 is 1.87 bits per heavy atom. The summed E-state index contributed by atoms with van der Waals surface area (Å²) in [7, 11) is 1.42. The molecule has 6 aliphatic rings. The molecule has 5 fully saturated rings. The number of carbonyl (C=O) groups excluding carboxylic acids is 6. The molecule has 0 unspecified atom stereocenters. The summed E-state index contributed by atoms with van der Waals surface area (Å²) in [4.78, 5) is 80.5. The van der Waals surface area contributed by atoms with Gasteiger partial charge in [-0.15, -0.1) is 0 Å². The van der Waals surface area contributed by atoms with Crippen LogP contribution in [0.25, 0.3) is 0 Å². The van der Waals surface area contributed by atoms with Gasteiger partial charge in [0.2, 0.25) is 0 Å². The number of ketones is 1. The Labute approximate surface area is 309 Å². The lowest BCUT2D eigenvalue weighted by Crippen LogP contribution is -2.86. The molecule has 0 radical (unpaired) electrons. The van der Waals surface area contributed by atoms with Crippen LogP contribution in [0.4, 0.5) is 0 Å². The maximum Gasteiger partial charge on any atom is 0.312 e. The van der Waals surface area contributed by atoms with Crippen LogP contribution in [0.2, 0.25) is 0 Å². The lowest BCUT2D eigenvalue weighted by atomic mass is 9.33. The second kappa shape index (κ2) is 11.7. The molecule has 0 aromatic heterocycles. The number of aliphatic hydroxyl groups excluding tert-OH is 1. The molecule has 0 aromatic carbocycles. The van der Waals surface area contributed by atoms with Gasteiger partial charge < -0.3 is 38.6 Å². The third-order valence-electron chi connectivity index (χ3n) is 15.2. The molecule has 0 amide bonds. The fourth-order valence-electron chi connectivity index (χ4n) is 13.6. The Hall–Kier alpha value is -3.52. The van der Waals surface area contributed by atoms with Crippen LogP contribution in [0.5, 0.6) is 0 Å². The van der Waals surface area contributed by atoms with E-state index in [-0.39, 0.29) is 37.2 Å². The standard InChI is InChI=1S/C39H54O14/c1-17-27(48-12)23(44)13-25-34(17,8)14-24(45)28-35(25,9)29(50-20(4)41)18(2)39(28)37(11,47)31(52-22(6)43)30(51-21(5)42)36(10)26(49-19(3)40)15-33(7)16-38(36,39)53-32(33)46/h18,24-26,28-31,45,47H,13-16H2,1-12H3/t18-,24+,25-,26-,28-,29-,30-,31+,33-,34+,35-,36+,37-,38+,39-/m0/s1. The number of allylic oxidation sites excluding steroid dienone is 2. The number of carbonyl (C=O) groups is 6. The van der Waals surface area contributed by atoms with Crippen LogP contribution in [0, 0.1) is 44.8 Å². The van der Waals surface area contributed by atoms with E-state index in [1.54, 1.807) is 27.7 Å². The Balaban J connectivity index is 1.79.